The summed E-state index contributed by atoms with van der Waals surface area (Å²) in [6.45, 7) is 6.75. The van der Waals surface area contributed by atoms with Crippen molar-refractivity contribution >= 4 is 5.91 Å². The molecule has 1 aliphatic heterocycles. The van der Waals surface area contributed by atoms with Crippen LogP contribution in [0.1, 0.15) is 41.0 Å². The molecule has 3 rings (SSSR count). The summed E-state index contributed by atoms with van der Waals surface area (Å²) >= 11 is 0. The van der Waals surface area contributed by atoms with Gasteiger partial charge in [-0.05, 0) is 27.2 Å². The van der Waals surface area contributed by atoms with Gasteiger partial charge < -0.3 is 19.1 Å². The Bertz CT molecular complexity index is 807. The molecule has 0 saturated carbocycles. The van der Waals surface area contributed by atoms with Crippen LogP contribution in [0, 0.1) is 20.8 Å². The Morgan fingerprint density at radius 2 is 2.20 bits per heavy atom. The maximum atomic E-state index is 12.8. The predicted octanol–water partition coefficient (Wildman–Crippen LogP) is 1.22. The van der Waals surface area contributed by atoms with Crippen LogP contribution in [0.4, 0.5) is 0 Å². The van der Waals surface area contributed by atoms with E-state index in [2.05, 4.69) is 15.1 Å². The third kappa shape index (κ3) is 3.79. The SMILES string of the molecule is Cc1nc([C@@H]2COCCN2C(=O)CCc2c(C)noc2C)cc(=O)[nH]1. The lowest BCUT2D eigenvalue weighted by molar-refractivity contribution is -0.140. The number of amides is 1. The third-order valence-corrected chi connectivity index (χ3v) is 4.44. The van der Waals surface area contributed by atoms with Gasteiger partial charge in [0.2, 0.25) is 5.91 Å². The van der Waals surface area contributed by atoms with Crippen molar-refractivity contribution in [3.8, 4) is 0 Å². The first-order valence-corrected chi connectivity index (χ1v) is 8.32. The van der Waals surface area contributed by atoms with Crippen LogP contribution in [0.2, 0.25) is 0 Å². The van der Waals surface area contributed by atoms with Gasteiger partial charge in [-0.2, -0.15) is 0 Å². The molecule has 8 nitrogen and oxygen atoms in total. The van der Waals surface area contributed by atoms with Crippen LogP contribution in [0.3, 0.4) is 0 Å². The highest BCUT2D eigenvalue weighted by Gasteiger charge is 2.30. The first-order valence-electron chi connectivity index (χ1n) is 8.32. The molecule has 2 aromatic rings. The van der Waals surface area contributed by atoms with Gasteiger partial charge >= 0.3 is 0 Å². The number of morpholine rings is 1. The molecule has 3 heterocycles. The fourth-order valence-corrected chi connectivity index (χ4v) is 3.15. The Balaban J connectivity index is 1.76. The minimum atomic E-state index is -0.341. The van der Waals surface area contributed by atoms with Gasteiger partial charge in [0, 0.05) is 24.6 Å². The molecule has 1 aliphatic rings. The second kappa shape index (κ2) is 7.18. The van der Waals surface area contributed by atoms with Gasteiger partial charge in [-0.3, -0.25) is 9.59 Å². The molecule has 134 valence electrons. The van der Waals surface area contributed by atoms with Crippen molar-refractivity contribution in [2.75, 3.05) is 19.8 Å². The highest BCUT2D eigenvalue weighted by atomic mass is 16.5. The minimum absolute atomic E-state index is 0.00744. The van der Waals surface area contributed by atoms with Crippen LogP contribution in [-0.4, -0.2) is 45.7 Å². The number of carbonyl (C=O) groups excluding carboxylic acids is 1. The van der Waals surface area contributed by atoms with E-state index in [1.54, 1.807) is 11.8 Å². The second-order valence-corrected chi connectivity index (χ2v) is 6.24. The van der Waals surface area contributed by atoms with Crippen molar-refractivity contribution in [3.63, 3.8) is 0 Å². The van der Waals surface area contributed by atoms with Crippen LogP contribution in [0.15, 0.2) is 15.4 Å². The zero-order chi connectivity index (χ0) is 18.0. The molecule has 8 heteroatoms. The monoisotopic (exact) mass is 346 g/mol. The lowest BCUT2D eigenvalue weighted by atomic mass is 10.1. The van der Waals surface area contributed by atoms with Crippen LogP contribution < -0.4 is 5.56 Å². The van der Waals surface area contributed by atoms with Crippen molar-refractivity contribution in [1.82, 2.24) is 20.0 Å². The first kappa shape index (κ1) is 17.3. The van der Waals surface area contributed by atoms with E-state index in [1.807, 2.05) is 13.8 Å². The van der Waals surface area contributed by atoms with E-state index in [1.165, 1.54) is 6.07 Å². The topological polar surface area (TPSA) is 101 Å². The largest absolute Gasteiger partial charge is 0.377 e. The molecule has 0 radical (unpaired) electrons. The third-order valence-electron chi connectivity index (χ3n) is 4.44. The predicted molar refractivity (Wildman–Crippen MR) is 89.2 cm³/mol. The number of rotatable bonds is 4. The molecule has 1 saturated heterocycles. The molecule has 0 aliphatic carbocycles. The number of nitrogens with one attached hydrogen (secondary N) is 1. The first-order chi connectivity index (χ1) is 12.0. The van der Waals surface area contributed by atoms with Gasteiger partial charge in [0.15, 0.2) is 0 Å². The molecule has 0 bridgehead atoms. The molecular weight excluding hydrogens is 324 g/mol. The van der Waals surface area contributed by atoms with Crippen LogP contribution in [-0.2, 0) is 16.0 Å². The fourth-order valence-electron chi connectivity index (χ4n) is 3.15. The molecule has 1 amide bonds. The Labute approximate surface area is 145 Å². The van der Waals surface area contributed by atoms with Crippen LogP contribution in [0.25, 0.3) is 0 Å². The summed E-state index contributed by atoms with van der Waals surface area (Å²) in [6, 6.07) is 1.09. The van der Waals surface area contributed by atoms with Gasteiger partial charge in [-0.1, -0.05) is 5.16 Å². The number of carbonyl (C=O) groups is 1. The highest BCUT2D eigenvalue weighted by Crippen LogP contribution is 2.24. The van der Waals surface area contributed by atoms with Gasteiger partial charge in [-0.25, -0.2) is 4.98 Å². The summed E-state index contributed by atoms with van der Waals surface area (Å²) in [6.07, 6.45) is 0.924. The average molecular weight is 346 g/mol. The van der Waals surface area contributed by atoms with Crippen LogP contribution in [0.5, 0.6) is 0 Å². The summed E-state index contributed by atoms with van der Waals surface area (Å²) < 4.78 is 10.7. The second-order valence-electron chi connectivity index (χ2n) is 6.24. The fraction of sp³-hybridized carbons (Fsp3) is 0.529. The summed E-state index contributed by atoms with van der Waals surface area (Å²) in [5.41, 5.74) is 2.13. The Kier molecular flexibility index (Phi) is 4.98. The molecular formula is C17H22N4O4. The van der Waals surface area contributed by atoms with E-state index in [9.17, 15) is 9.59 Å². The Morgan fingerprint density at radius 3 is 2.88 bits per heavy atom. The molecule has 2 aromatic heterocycles. The number of ether oxygens (including phenoxy) is 1. The number of aryl methyl sites for hydroxylation is 3. The van der Waals surface area contributed by atoms with Gasteiger partial charge in [0.25, 0.3) is 5.56 Å². The summed E-state index contributed by atoms with van der Waals surface area (Å²) in [5, 5.41) is 3.92. The number of H-pyrrole nitrogens is 1. The maximum Gasteiger partial charge on any atom is 0.251 e. The van der Waals surface area contributed by atoms with Crippen molar-refractivity contribution in [2.45, 2.75) is 39.7 Å². The van der Waals surface area contributed by atoms with E-state index < -0.39 is 0 Å². The quantitative estimate of drug-likeness (QED) is 0.893. The summed E-state index contributed by atoms with van der Waals surface area (Å²) in [4.78, 5) is 33.3. The van der Waals surface area contributed by atoms with Gasteiger partial charge in [0.05, 0.1) is 30.6 Å². The van der Waals surface area contributed by atoms with E-state index in [0.29, 0.717) is 44.1 Å². The molecule has 25 heavy (non-hydrogen) atoms. The lowest BCUT2D eigenvalue weighted by Crippen LogP contribution is -2.44. The zero-order valence-electron chi connectivity index (χ0n) is 14.7. The van der Waals surface area contributed by atoms with E-state index in [4.69, 9.17) is 9.26 Å². The molecule has 0 aromatic carbocycles. The Morgan fingerprint density at radius 1 is 1.40 bits per heavy atom. The average Bonchev–Trinajstić information content (AvgIpc) is 2.90. The zero-order valence-corrected chi connectivity index (χ0v) is 14.7. The van der Waals surface area contributed by atoms with Gasteiger partial charge in [-0.15, -0.1) is 0 Å². The van der Waals surface area contributed by atoms with E-state index >= 15 is 0 Å². The molecule has 1 fully saturated rings. The molecule has 0 unspecified atom stereocenters. The van der Waals surface area contributed by atoms with Crippen molar-refractivity contribution in [3.05, 3.63) is 45.0 Å². The van der Waals surface area contributed by atoms with Crippen molar-refractivity contribution in [1.29, 1.82) is 0 Å². The van der Waals surface area contributed by atoms with Gasteiger partial charge in [0.1, 0.15) is 11.6 Å². The highest BCUT2D eigenvalue weighted by molar-refractivity contribution is 5.77. The number of hydrogen-bond donors (Lipinski definition) is 1. The maximum absolute atomic E-state index is 12.8. The molecule has 0 spiro atoms. The minimum Gasteiger partial charge on any atom is -0.377 e. The van der Waals surface area contributed by atoms with E-state index in [0.717, 1.165) is 17.0 Å². The normalized spacial score (nSPS) is 17.7. The summed E-state index contributed by atoms with van der Waals surface area (Å²) in [7, 11) is 0. The standard InChI is InChI=1S/C17H22N4O4/c1-10-13(11(2)25-20-10)4-5-17(23)21-6-7-24-9-15(21)14-8-16(22)19-12(3)18-14/h8,15H,4-7,9H2,1-3H3,(H,18,19,22)/t15-/m0/s1. The number of aromatic nitrogens is 3. The van der Waals surface area contributed by atoms with Crippen molar-refractivity contribution < 1.29 is 14.1 Å². The van der Waals surface area contributed by atoms with Crippen molar-refractivity contribution in [2.24, 2.45) is 0 Å². The molecule has 1 atom stereocenters. The Hall–Kier alpha value is -2.48. The molecule has 1 N–H and O–H groups in total. The smallest absolute Gasteiger partial charge is 0.251 e. The lowest BCUT2D eigenvalue weighted by Gasteiger charge is -2.35. The van der Waals surface area contributed by atoms with Crippen LogP contribution >= 0.6 is 0 Å². The number of hydrogen-bond acceptors (Lipinski definition) is 6. The number of aromatic amines is 1. The summed E-state index contributed by atoms with van der Waals surface area (Å²) in [5.74, 6) is 1.28. The van der Waals surface area contributed by atoms with E-state index in [-0.39, 0.29) is 17.5 Å². The number of nitrogens with zero attached hydrogens (tertiary/aromatic N) is 3.